The molecule has 22 heavy (non-hydrogen) atoms. The van der Waals surface area contributed by atoms with Gasteiger partial charge in [0, 0.05) is 30.4 Å². The van der Waals surface area contributed by atoms with Crippen LogP contribution in [0.25, 0.3) is 0 Å². The Balaban J connectivity index is 1.70. The molecule has 0 saturated carbocycles. The molecule has 7 heteroatoms. The van der Waals surface area contributed by atoms with Gasteiger partial charge in [0.05, 0.1) is 12.2 Å². The van der Waals surface area contributed by atoms with Gasteiger partial charge in [-0.1, -0.05) is 6.92 Å². The largest absolute Gasteiger partial charge is 0.338 e. The Labute approximate surface area is 135 Å². The summed E-state index contributed by atoms with van der Waals surface area (Å²) in [4.78, 5) is 16.4. The van der Waals surface area contributed by atoms with Crippen molar-refractivity contribution in [3.05, 3.63) is 34.0 Å². The Bertz CT molecular complexity index is 607. The summed E-state index contributed by atoms with van der Waals surface area (Å²) in [5, 5.41) is 13.0. The van der Waals surface area contributed by atoms with Crippen LogP contribution in [-0.2, 0) is 6.54 Å². The van der Waals surface area contributed by atoms with Crippen molar-refractivity contribution in [1.29, 1.82) is 0 Å². The number of aromatic nitrogens is 3. The van der Waals surface area contributed by atoms with Gasteiger partial charge in [-0.15, -0.1) is 11.3 Å². The molecule has 0 aliphatic heterocycles. The second-order valence-electron chi connectivity index (χ2n) is 5.32. The molecule has 0 radical (unpaired) electrons. The molecule has 0 aromatic carbocycles. The van der Waals surface area contributed by atoms with Gasteiger partial charge in [-0.2, -0.15) is 5.10 Å². The van der Waals surface area contributed by atoms with Crippen molar-refractivity contribution < 1.29 is 4.79 Å². The Morgan fingerprint density at radius 2 is 2.27 bits per heavy atom. The number of amides is 2. The highest BCUT2D eigenvalue weighted by Crippen LogP contribution is 2.20. The smallest absolute Gasteiger partial charge is 0.315 e. The molecule has 1 atom stereocenters. The highest BCUT2D eigenvalue weighted by atomic mass is 32.1. The second-order valence-corrected chi connectivity index (χ2v) is 6.21. The zero-order chi connectivity index (χ0) is 15.9. The lowest BCUT2D eigenvalue weighted by atomic mass is 10.2. The molecule has 0 aliphatic carbocycles. The summed E-state index contributed by atoms with van der Waals surface area (Å²) < 4.78 is 1.89. The van der Waals surface area contributed by atoms with E-state index in [0.29, 0.717) is 6.54 Å². The number of aryl methyl sites for hydroxylation is 3. The Hall–Kier alpha value is -1.89. The number of hydrogen-bond acceptors (Lipinski definition) is 4. The lowest BCUT2D eigenvalue weighted by Crippen LogP contribution is -2.38. The minimum Gasteiger partial charge on any atom is -0.338 e. The Morgan fingerprint density at radius 3 is 2.86 bits per heavy atom. The van der Waals surface area contributed by atoms with Gasteiger partial charge >= 0.3 is 6.03 Å². The van der Waals surface area contributed by atoms with E-state index >= 15 is 0 Å². The number of carbonyl (C=O) groups is 1. The number of hydrogen-bond donors (Lipinski definition) is 2. The summed E-state index contributed by atoms with van der Waals surface area (Å²) in [5.41, 5.74) is 2.14. The summed E-state index contributed by atoms with van der Waals surface area (Å²) in [7, 11) is 0. The Kier molecular flexibility index (Phi) is 5.94. The number of nitrogens with one attached hydrogen (secondary N) is 2. The van der Waals surface area contributed by atoms with Crippen molar-refractivity contribution >= 4 is 17.4 Å². The van der Waals surface area contributed by atoms with E-state index in [1.54, 1.807) is 11.3 Å². The van der Waals surface area contributed by atoms with Crippen LogP contribution in [0.4, 0.5) is 4.79 Å². The molecule has 0 spiro atoms. The molecule has 0 unspecified atom stereocenters. The first-order valence-electron chi connectivity index (χ1n) is 7.54. The molecule has 0 fully saturated rings. The zero-order valence-corrected chi connectivity index (χ0v) is 14.1. The third kappa shape index (κ3) is 4.84. The fourth-order valence-electron chi connectivity index (χ4n) is 2.11. The molecular formula is C15H23N5OS. The van der Waals surface area contributed by atoms with Crippen molar-refractivity contribution in [1.82, 2.24) is 25.4 Å². The SMILES string of the molecule is CC[C@@H](NC(=O)NCCCn1cc(C)cn1)c1nc(C)cs1. The lowest BCUT2D eigenvalue weighted by molar-refractivity contribution is 0.236. The van der Waals surface area contributed by atoms with Gasteiger partial charge in [0.2, 0.25) is 0 Å². The molecule has 0 saturated heterocycles. The van der Waals surface area contributed by atoms with E-state index in [-0.39, 0.29) is 12.1 Å². The van der Waals surface area contributed by atoms with Crippen molar-refractivity contribution in [2.75, 3.05) is 6.54 Å². The predicted octanol–water partition coefficient (Wildman–Crippen LogP) is 2.80. The number of carbonyl (C=O) groups excluding carboxylic acids is 1. The first-order valence-corrected chi connectivity index (χ1v) is 8.42. The number of rotatable bonds is 7. The average Bonchev–Trinajstić information content (AvgIpc) is 3.10. The van der Waals surface area contributed by atoms with E-state index < -0.39 is 0 Å². The highest BCUT2D eigenvalue weighted by molar-refractivity contribution is 7.09. The fraction of sp³-hybridized carbons (Fsp3) is 0.533. The summed E-state index contributed by atoms with van der Waals surface area (Å²) in [6, 6.07) is -0.163. The molecule has 0 aliphatic rings. The lowest BCUT2D eigenvalue weighted by Gasteiger charge is -2.15. The maximum Gasteiger partial charge on any atom is 0.315 e. The Morgan fingerprint density at radius 1 is 1.45 bits per heavy atom. The quantitative estimate of drug-likeness (QED) is 0.770. The van der Waals surface area contributed by atoms with Crippen molar-refractivity contribution in [2.24, 2.45) is 0 Å². The van der Waals surface area contributed by atoms with Crippen LogP contribution in [0.3, 0.4) is 0 Å². The third-order valence-corrected chi connectivity index (χ3v) is 4.34. The summed E-state index contributed by atoms with van der Waals surface area (Å²) in [6.07, 6.45) is 5.51. The van der Waals surface area contributed by atoms with E-state index in [1.807, 2.05) is 43.2 Å². The average molecular weight is 321 g/mol. The van der Waals surface area contributed by atoms with Gasteiger partial charge in [-0.3, -0.25) is 4.68 Å². The third-order valence-electron chi connectivity index (χ3n) is 3.26. The van der Waals surface area contributed by atoms with Gasteiger partial charge in [0.25, 0.3) is 0 Å². The first kappa shape index (κ1) is 16.5. The minimum atomic E-state index is -0.142. The molecule has 6 nitrogen and oxygen atoms in total. The molecule has 2 amide bonds. The highest BCUT2D eigenvalue weighted by Gasteiger charge is 2.15. The van der Waals surface area contributed by atoms with E-state index in [0.717, 1.165) is 35.7 Å². The zero-order valence-electron chi connectivity index (χ0n) is 13.3. The van der Waals surface area contributed by atoms with Crippen LogP contribution in [0.5, 0.6) is 0 Å². The maximum atomic E-state index is 11.9. The van der Waals surface area contributed by atoms with E-state index in [2.05, 4.69) is 20.7 Å². The topological polar surface area (TPSA) is 71.8 Å². The van der Waals surface area contributed by atoms with Gasteiger partial charge in [-0.05, 0) is 32.3 Å². The number of nitrogens with zero attached hydrogens (tertiary/aromatic N) is 3. The van der Waals surface area contributed by atoms with Crippen LogP contribution in [0.15, 0.2) is 17.8 Å². The minimum absolute atomic E-state index is 0.0209. The van der Waals surface area contributed by atoms with Crippen LogP contribution < -0.4 is 10.6 Å². The summed E-state index contributed by atoms with van der Waals surface area (Å²) in [5.74, 6) is 0. The standard InChI is InChI=1S/C15H23N5OS/c1-4-13(14-18-12(3)10-22-14)19-15(21)16-6-5-7-20-9-11(2)8-17-20/h8-10,13H,4-7H2,1-3H3,(H2,16,19,21)/t13-/m1/s1. The monoisotopic (exact) mass is 321 g/mol. The number of thiazole rings is 1. The van der Waals surface area contributed by atoms with E-state index in [9.17, 15) is 4.79 Å². The normalized spacial score (nSPS) is 12.1. The predicted molar refractivity (Wildman–Crippen MR) is 88.0 cm³/mol. The van der Waals surface area contributed by atoms with Gasteiger partial charge in [-0.25, -0.2) is 9.78 Å². The van der Waals surface area contributed by atoms with Crippen LogP contribution in [0, 0.1) is 13.8 Å². The first-order chi connectivity index (χ1) is 10.6. The van der Waals surface area contributed by atoms with Gasteiger partial charge in [0.1, 0.15) is 5.01 Å². The van der Waals surface area contributed by atoms with Crippen molar-refractivity contribution in [3.8, 4) is 0 Å². The molecule has 2 heterocycles. The van der Waals surface area contributed by atoms with Crippen LogP contribution in [0.1, 0.15) is 42.1 Å². The van der Waals surface area contributed by atoms with E-state index in [1.165, 1.54) is 0 Å². The van der Waals surface area contributed by atoms with Crippen molar-refractivity contribution in [2.45, 2.75) is 46.2 Å². The molecular weight excluding hydrogens is 298 g/mol. The molecule has 2 aromatic rings. The van der Waals surface area contributed by atoms with Crippen LogP contribution in [0.2, 0.25) is 0 Å². The fourth-order valence-corrected chi connectivity index (χ4v) is 3.04. The second kappa shape index (κ2) is 7.93. The number of urea groups is 1. The summed E-state index contributed by atoms with van der Waals surface area (Å²) >= 11 is 1.59. The molecule has 0 bridgehead atoms. The summed E-state index contributed by atoms with van der Waals surface area (Å²) in [6.45, 7) is 7.45. The van der Waals surface area contributed by atoms with Crippen LogP contribution in [-0.4, -0.2) is 27.3 Å². The molecule has 2 aromatic heterocycles. The van der Waals surface area contributed by atoms with Gasteiger partial charge < -0.3 is 10.6 Å². The molecule has 2 rings (SSSR count). The maximum absolute atomic E-state index is 11.9. The molecule has 120 valence electrons. The van der Waals surface area contributed by atoms with Crippen LogP contribution >= 0.6 is 11.3 Å². The van der Waals surface area contributed by atoms with Crippen molar-refractivity contribution in [3.63, 3.8) is 0 Å². The van der Waals surface area contributed by atoms with Gasteiger partial charge in [0.15, 0.2) is 0 Å². The van der Waals surface area contributed by atoms with E-state index in [4.69, 9.17) is 0 Å². The molecule has 2 N–H and O–H groups in total.